The van der Waals surface area contributed by atoms with E-state index < -0.39 is 0 Å². The molecule has 156 valence electrons. The molecular weight excluding hydrogens is 484 g/mol. The van der Waals surface area contributed by atoms with Gasteiger partial charge in [0.05, 0.1) is 23.6 Å². The lowest BCUT2D eigenvalue weighted by atomic mass is 9.82. The van der Waals surface area contributed by atoms with Crippen LogP contribution in [0.3, 0.4) is 0 Å². The van der Waals surface area contributed by atoms with Crippen molar-refractivity contribution < 1.29 is 9.13 Å². The zero-order chi connectivity index (χ0) is 19.1. The van der Waals surface area contributed by atoms with Gasteiger partial charge in [-0.2, -0.15) is 5.10 Å². The summed E-state index contributed by atoms with van der Waals surface area (Å²) in [6.07, 6.45) is 6.10. The van der Waals surface area contributed by atoms with E-state index in [4.69, 9.17) is 4.74 Å². The summed E-state index contributed by atoms with van der Waals surface area (Å²) in [5, 5.41) is 8.08. The first kappa shape index (κ1) is 20.6. The molecule has 0 radical (unpaired) electrons. The molecule has 0 amide bonds. The molecular formula is C21H27FIN5O. The van der Waals surface area contributed by atoms with Gasteiger partial charge in [0.1, 0.15) is 5.82 Å². The highest BCUT2D eigenvalue weighted by Gasteiger charge is 2.53. The van der Waals surface area contributed by atoms with Gasteiger partial charge in [0.2, 0.25) is 0 Å². The van der Waals surface area contributed by atoms with Crippen LogP contribution in [0, 0.1) is 17.7 Å². The topological polar surface area (TPSA) is 54.7 Å². The van der Waals surface area contributed by atoms with Crippen molar-refractivity contribution in [3.05, 3.63) is 48.0 Å². The van der Waals surface area contributed by atoms with E-state index in [0.29, 0.717) is 24.0 Å². The van der Waals surface area contributed by atoms with Gasteiger partial charge in [0, 0.05) is 51.1 Å². The van der Waals surface area contributed by atoms with Gasteiger partial charge in [-0.05, 0) is 43.2 Å². The number of benzene rings is 1. The highest BCUT2D eigenvalue weighted by molar-refractivity contribution is 14.0. The Hall–Kier alpha value is -1.68. The van der Waals surface area contributed by atoms with E-state index >= 15 is 0 Å². The Balaban J connectivity index is 0.00000205. The van der Waals surface area contributed by atoms with E-state index in [0.717, 1.165) is 43.4 Å². The Bertz CT molecular complexity index is 852. The fraction of sp³-hybridized carbons (Fsp3) is 0.524. The molecule has 2 aromatic rings. The van der Waals surface area contributed by atoms with Gasteiger partial charge in [-0.3, -0.25) is 4.99 Å². The van der Waals surface area contributed by atoms with E-state index in [1.165, 1.54) is 25.0 Å². The first-order valence-electron chi connectivity index (χ1n) is 10.1. The summed E-state index contributed by atoms with van der Waals surface area (Å²) in [7, 11) is 1.85. The zero-order valence-electron chi connectivity index (χ0n) is 16.5. The second-order valence-electron chi connectivity index (χ2n) is 7.98. The van der Waals surface area contributed by atoms with Gasteiger partial charge in [-0.15, -0.1) is 24.0 Å². The molecule has 3 saturated heterocycles. The van der Waals surface area contributed by atoms with Gasteiger partial charge in [-0.25, -0.2) is 9.07 Å². The third kappa shape index (κ3) is 4.01. The lowest BCUT2D eigenvalue weighted by Crippen LogP contribution is -2.42. The first-order valence-corrected chi connectivity index (χ1v) is 10.1. The Morgan fingerprint density at radius 2 is 1.86 bits per heavy atom. The maximum absolute atomic E-state index is 13.1. The number of aromatic nitrogens is 2. The second kappa shape index (κ2) is 8.59. The van der Waals surface area contributed by atoms with Crippen molar-refractivity contribution in [3.63, 3.8) is 0 Å². The predicted molar refractivity (Wildman–Crippen MR) is 120 cm³/mol. The van der Waals surface area contributed by atoms with Gasteiger partial charge in [-0.1, -0.05) is 0 Å². The van der Waals surface area contributed by atoms with Gasteiger partial charge >= 0.3 is 0 Å². The van der Waals surface area contributed by atoms with Crippen LogP contribution in [-0.4, -0.2) is 59.5 Å². The van der Waals surface area contributed by atoms with Crippen molar-refractivity contribution in [2.45, 2.75) is 31.5 Å². The molecule has 1 N–H and O–H groups in total. The fourth-order valence-electron chi connectivity index (χ4n) is 5.00. The molecule has 0 saturated carbocycles. The van der Waals surface area contributed by atoms with Crippen LogP contribution in [-0.2, 0) is 11.2 Å². The van der Waals surface area contributed by atoms with Crippen molar-refractivity contribution in [2.24, 2.45) is 16.8 Å². The predicted octanol–water partition coefficient (Wildman–Crippen LogP) is 2.86. The summed E-state index contributed by atoms with van der Waals surface area (Å²) in [6.45, 7) is 2.87. The molecule has 1 aromatic carbocycles. The number of likely N-dealkylation sites (tertiary alicyclic amines) is 1. The monoisotopic (exact) mass is 511 g/mol. The largest absolute Gasteiger partial charge is 0.374 e. The number of aliphatic imine (C=N–C) groups is 1. The Morgan fingerprint density at radius 1 is 1.17 bits per heavy atom. The number of halogens is 2. The van der Waals surface area contributed by atoms with Crippen LogP contribution in [0.4, 0.5) is 4.39 Å². The number of hydrogen-bond acceptors (Lipinski definition) is 3. The van der Waals surface area contributed by atoms with Crippen LogP contribution >= 0.6 is 24.0 Å². The van der Waals surface area contributed by atoms with Crippen LogP contribution in [0.25, 0.3) is 5.69 Å². The highest BCUT2D eigenvalue weighted by Crippen LogP contribution is 2.47. The average molecular weight is 511 g/mol. The number of nitrogens with zero attached hydrogens (tertiary/aromatic N) is 4. The van der Waals surface area contributed by atoms with Crippen LogP contribution in [0.2, 0.25) is 0 Å². The summed E-state index contributed by atoms with van der Waals surface area (Å²) in [5.74, 6) is 2.08. The Labute approximate surface area is 187 Å². The minimum atomic E-state index is -0.239. The number of rotatable bonds is 4. The summed E-state index contributed by atoms with van der Waals surface area (Å²) in [4.78, 5) is 6.88. The lowest BCUT2D eigenvalue weighted by molar-refractivity contribution is 0.0767. The van der Waals surface area contributed by atoms with E-state index in [-0.39, 0.29) is 29.8 Å². The summed E-state index contributed by atoms with van der Waals surface area (Å²) in [5.41, 5.74) is 1.86. The minimum Gasteiger partial charge on any atom is -0.374 e. The Morgan fingerprint density at radius 3 is 2.52 bits per heavy atom. The smallest absolute Gasteiger partial charge is 0.193 e. The number of guanidine groups is 1. The molecule has 0 aliphatic carbocycles. The lowest BCUT2D eigenvalue weighted by Gasteiger charge is -2.23. The molecule has 3 fully saturated rings. The average Bonchev–Trinajstić information content (AvgIpc) is 3.48. The number of nitrogens with one attached hydrogen (secondary N) is 1. The minimum absolute atomic E-state index is 0. The number of fused-ring (bicyclic) bond motifs is 5. The molecule has 4 heterocycles. The van der Waals surface area contributed by atoms with Crippen molar-refractivity contribution in [3.8, 4) is 5.69 Å². The van der Waals surface area contributed by atoms with Gasteiger partial charge < -0.3 is 15.0 Å². The van der Waals surface area contributed by atoms with Crippen molar-refractivity contribution in [1.82, 2.24) is 20.0 Å². The number of ether oxygens (including phenoxy) is 1. The molecule has 0 spiro atoms. The molecule has 4 atom stereocenters. The quantitative estimate of drug-likeness (QED) is 0.390. The maximum atomic E-state index is 13.1. The van der Waals surface area contributed by atoms with E-state index in [9.17, 15) is 4.39 Å². The van der Waals surface area contributed by atoms with Crippen molar-refractivity contribution >= 4 is 29.9 Å². The van der Waals surface area contributed by atoms with Crippen LogP contribution in [0.5, 0.6) is 0 Å². The van der Waals surface area contributed by atoms with Gasteiger partial charge in [0.15, 0.2) is 5.96 Å². The van der Waals surface area contributed by atoms with Crippen molar-refractivity contribution in [1.29, 1.82) is 0 Å². The Kier molecular flexibility index (Phi) is 6.10. The molecule has 1 aromatic heterocycles. The van der Waals surface area contributed by atoms with E-state index in [1.54, 1.807) is 16.8 Å². The molecule has 29 heavy (non-hydrogen) atoms. The molecule has 3 aliphatic heterocycles. The van der Waals surface area contributed by atoms with Crippen LogP contribution in [0.1, 0.15) is 18.5 Å². The highest BCUT2D eigenvalue weighted by atomic mass is 127. The first-order chi connectivity index (χ1) is 13.7. The summed E-state index contributed by atoms with van der Waals surface area (Å²) < 4.78 is 20.9. The SMILES string of the molecule is CN=C(NCCc1ccn(-c2ccc(F)cc2)n1)N1CC2C3CCC(O3)C2C1.I. The maximum Gasteiger partial charge on any atom is 0.193 e. The van der Waals surface area contributed by atoms with E-state index in [1.807, 2.05) is 19.3 Å². The molecule has 8 heteroatoms. The van der Waals surface area contributed by atoms with Crippen LogP contribution < -0.4 is 5.32 Å². The zero-order valence-corrected chi connectivity index (χ0v) is 18.8. The third-order valence-electron chi connectivity index (χ3n) is 6.36. The molecule has 3 aliphatic rings. The molecule has 5 rings (SSSR count). The molecule has 4 unspecified atom stereocenters. The normalized spacial score (nSPS) is 27.8. The standard InChI is InChI=1S/C21H26FN5O.HI/c1-23-21(26-12-17-18(13-26)20-7-6-19(17)28-20)24-10-8-15-9-11-27(25-15)16-4-2-14(22)3-5-16;/h2-5,9,11,17-20H,6-8,10,12-13H2,1H3,(H,23,24);1H. The van der Waals surface area contributed by atoms with E-state index in [2.05, 4.69) is 20.3 Å². The third-order valence-corrected chi connectivity index (χ3v) is 6.36. The summed E-state index contributed by atoms with van der Waals surface area (Å²) in [6, 6.07) is 8.36. The summed E-state index contributed by atoms with van der Waals surface area (Å²) >= 11 is 0. The molecule has 2 bridgehead atoms. The fourth-order valence-corrected chi connectivity index (χ4v) is 5.00. The van der Waals surface area contributed by atoms with Crippen LogP contribution in [0.15, 0.2) is 41.5 Å². The van der Waals surface area contributed by atoms with Gasteiger partial charge in [0.25, 0.3) is 0 Å². The number of hydrogen-bond donors (Lipinski definition) is 1. The van der Waals surface area contributed by atoms with Crippen molar-refractivity contribution in [2.75, 3.05) is 26.7 Å². The second-order valence-corrected chi connectivity index (χ2v) is 7.98. The molecule has 6 nitrogen and oxygen atoms in total.